The second kappa shape index (κ2) is 7.70. The molecule has 1 N–H and O–H groups in total. The zero-order valence-corrected chi connectivity index (χ0v) is 15.1. The SMILES string of the molecule is N#CCCn1c(=O)c(-c2ccc(F)cc2)nc2cnc(N3CCNCC3)nc21. The van der Waals surface area contributed by atoms with Crippen LogP contribution in [0.25, 0.3) is 22.4 Å². The Kier molecular flexibility index (Phi) is 4.95. The van der Waals surface area contributed by atoms with Gasteiger partial charge in [-0.3, -0.25) is 9.36 Å². The normalized spacial score (nSPS) is 14.2. The van der Waals surface area contributed by atoms with Crippen LogP contribution in [-0.4, -0.2) is 45.7 Å². The molecule has 4 rings (SSSR count). The van der Waals surface area contributed by atoms with E-state index in [0.717, 1.165) is 26.2 Å². The monoisotopic (exact) mass is 379 g/mol. The largest absolute Gasteiger partial charge is 0.338 e. The minimum atomic E-state index is -0.390. The second-order valence-corrected chi connectivity index (χ2v) is 6.45. The molecule has 1 fully saturated rings. The Bertz CT molecular complexity index is 1100. The molecule has 1 saturated heterocycles. The molecule has 0 spiro atoms. The molecule has 0 bridgehead atoms. The van der Waals surface area contributed by atoms with Crippen LogP contribution in [0.1, 0.15) is 6.42 Å². The second-order valence-electron chi connectivity index (χ2n) is 6.45. The summed E-state index contributed by atoms with van der Waals surface area (Å²) >= 11 is 0. The van der Waals surface area contributed by atoms with E-state index < -0.39 is 5.82 Å². The molecule has 3 heterocycles. The lowest BCUT2D eigenvalue weighted by atomic mass is 10.1. The van der Waals surface area contributed by atoms with Crippen molar-refractivity contribution < 1.29 is 4.39 Å². The highest BCUT2D eigenvalue weighted by Crippen LogP contribution is 2.19. The van der Waals surface area contributed by atoms with Gasteiger partial charge in [0.2, 0.25) is 5.95 Å². The number of nitrogens with zero attached hydrogens (tertiary/aromatic N) is 6. The van der Waals surface area contributed by atoms with Gasteiger partial charge in [-0.1, -0.05) is 0 Å². The van der Waals surface area contributed by atoms with Gasteiger partial charge >= 0.3 is 0 Å². The van der Waals surface area contributed by atoms with Gasteiger partial charge in [0, 0.05) is 38.3 Å². The number of aromatic nitrogens is 4. The number of halogens is 1. The molecule has 0 radical (unpaired) electrons. The average molecular weight is 379 g/mol. The fraction of sp³-hybridized carbons (Fsp3) is 0.316. The van der Waals surface area contributed by atoms with Crippen molar-refractivity contribution in [1.82, 2.24) is 24.8 Å². The summed E-state index contributed by atoms with van der Waals surface area (Å²) in [6.07, 6.45) is 1.75. The molecule has 1 aliphatic heterocycles. The van der Waals surface area contributed by atoms with E-state index in [1.54, 1.807) is 6.20 Å². The van der Waals surface area contributed by atoms with Crippen molar-refractivity contribution in [2.75, 3.05) is 31.1 Å². The average Bonchev–Trinajstić information content (AvgIpc) is 2.74. The lowest BCUT2D eigenvalue weighted by Gasteiger charge is -2.27. The highest BCUT2D eigenvalue weighted by atomic mass is 19.1. The topological polar surface area (TPSA) is 99.7 Å². The third-order valence-electron chi connectivity index (χ3n) is 4.64. The van der Waals surface area contributed by atoms with E-state index in [1.807, 2.05) is 4.90 Å². The Balaban J connectivity index is 1.87. The number of aryl methyl sites for hydroxylation is 1. The molecule has 8 nitrogen and oxygen atoms in total. The highest BCUT2D eigenvalue weighted by molar-refractivity contribution is 5.74. The summed E-state index contributed by atoms with van der Waals surface area (Å²) in [6.45, 7) is 3.42. The molecule has 0 saturated carbocycles. The lowest BCUT2D eigenvalue weighted by Crippen LogP contribution is -2.44. The first-order valence-corrected chi connectivity index (χ1v) is 9.03. The molecule has 0 unspecified atom stereocenters. The first kappa shape index (κ1) is 18.0. The van der Waals surface area contributed by atoms with Crippen LogP contribution in [-0.2, 0) is 6.54 Å². The number of piperazine rings is 1. The molecule has 0 amide bonds. The Hall–Kier alpha value is -3.38. The molecular formula is C19H18FN7O. The number of nitriles is 1. The van der Waals surface area contributed by atoms with Crippen LogP contribution in [0.5, 0.6) is 0 Å². The van der Waals surface area contributed by atoms with Crippen molar-refractivity contribution in [3.8, 4) is 17.3 Å². The van der Waals surface area contributed by atoms with E-state index in [2.05, 4.69) is 26.3 Å². The van der Waals surface area contributed by atoms with Gasteiger partial charge in [-0.2, -0.15) is 10.2 Å². The summed E-state index contributed by atoms with van der Waals surface area (Å²) in [5.74, 6) is 0.147. The molecule has 9 heteroatoms. The van der Waals surface area contributed by atoms with Crippen LogP contribution in [0.4, 0.5) is 10.3 Å². The minimum absolute atomic E-state index is 0.162. The van der Waals surface area contributed by atoms with E-state index in [0.29, 0.717) is 22.7 Å². The van der Waals surface area contributed by atoms with Gasteiger partial charge in [0.05, 0.1) is 18.7 Å². The number of hydrogen-bond donors (Lipinski definition) is 1. The Morgan fingerprint density at radius 2 is 1.93 bits per heavy atom. The molecule has 1 aromatic carbocycles. The zero-order chi connectivity index (χ0) is 19.5. The number of hydrogen-bond acceptors (Lipinski definition) is 7. The summed E-state index contributed by atoms with van der Waals surface area (Å²) in [7, 11) is 0. The first-order valence-electron chi connectivity index (χ1n) is 9.03. The predicted molar refractivity (Wildman–Crippen MR) is 102 cm³/mol. The minimum Gasteiger partial charge on any atom is -0.338 e. The van der Waals surface area contributed by atoms with Crippen molar-refractivity contribution >= 4 is 17.1 Å². The van der Waals surface area contributed by atoms with E-state index in [-0.39, 0.29) is 24.2 Å². The molecule has 2 aromatic heterocycles. The molecular weight excluding hydrogens is 361 g/mol. The van der Waals surface area contributed by atoms with E-state index in [1.165, 1.54) is 28.8 Å². The molecule has 28 heavy (non-hydrogen) atoms. The Morgan fingerprint density at radius 3 is 2.64 bits per heavy atom. The molecule has 142 valence electrons. The van der Waals surface area contributed by atoms with Gasteiger partial charge in [0.15, 0.2) is 5.65 Å². The van der Waals surface area contributed by atoms with Crippen LogP contribution in [0.15, 0.2) is 35.3 Å². The first-order chi connectivity index (χ1) is 13.7. The van der Waals surface area contributed by atoms with Crippen LogP contribution in [0, 0.1) is 17.1 Å². The molecule has 3 aromatic rings. The number of anilines is 1. The Morgan fingerprint density at radius 1 is 1.18 bits per heavy atom. The van der Waals surface area contributed by atoms with Gasteiger partial charge in [-0.05, 0) is 24.3 Å². The Labute approximate surface area is 160 Å². The van der Waals surface area contributed by atoms with Gasteiger partial charge in [0.25, 0.3) is 5.56 Å². The maximum absolute atomic E-state index is 13.3. The van der Waals surface area contributed by atoms with Crippen molar-refractivity contribution in [2.24, 2.45) is 0 Å². The third-order valence-corrected chi connectivity index (χ3v) is 4.64. The van der Waals surface area contributed by atoms with Crippen LogP contribution >= 0.6 is 0 Å². The summed E-state index contributed by atoms with van der Waals surface area (Å²) in [5, 5.41) is 12.3. The van der Waals surface area contributed by atoms with E-state index >= 15 is 0 Å². The summed E-state index contributed by atoms with van der Waals surface area (Å²) in [5.41, 5.74) is 1.18. The van der Waals surface area contributed by atoms with E-state index in [9.17, 15) is 9.18 Å². The zero-order valence-electron chi connectivity index (χ0n) is 15.1. The summed E-state index contributed by atoms with van der Waals surface area (Å²) in [4.78, 5) is 28.5. The van der Waals surface area contributed by atoms with Crippen molar-refractivity contribution in [1.29, 1.82) is 5.26 Å². The van der Waals surface area contributed by atoms with Gasteiger partial charge in [0.1, 0.15) is 17.0 Å². The number of rotatable bonds is 4. The predicted octanol–water partition coefficient (Wildman–Crippen LogP) is 1.32. The lowest BCUT2D eigenvalue weighted by molar-refractivity contribution is 0.579. The highest BCUT2D eigenvalue weighted by Gasteiger charge is 2.18. The van der Waals surface area contributed by atoms with Crippen molar-refractivity contribution in [3.63, 3.8) is 0 Å². The maximum atomic E-state index is 13.3. The fourth-order valence-corrected chi connectivity index (χ4v) is 3.21. The molecule has 1 aliphatic rings. The maximum Gasteiger partial charge on any atom is 0.278 e. The van der Waals surface area contributed by atoms with Gasteiger partial charge < -0.3 is 10.2 Å². The molecule has 0 aliphatic carbocycles. The number of benzene rings is 1. The smallest absolute Gasteiger partial charge is 0.278 e. The standard InChI is InChI=1S/C19H18FN7O/c20-14-4-2-13(3-5-14)16-18(28)27(9-1-6-21)17-15(24-16)12-23-19(25-17)26-10-7-22-8-11-26/h2-5,12,22H,1,7-11H2. The van der Waals surface area contributed by atoms with Crippen molar-refractivity contribution in [2.45, 2.75) is 13.0 Å². The third kappa shape index (κ3) is 3.42. The number of fused-ring (bicyclic) bond motifs is 1. The summed E-state index contributed by atoms with van der Waals surface area (Å²) in [6, 6.07) is 7.64. The summed E-state index contributed by atoms with van der Waals surface area (Å²) < 4.78 is 14.7. The fourth-order valence-electron chi connectivity index (χ4n) is 3.21. The van der Waals surface area contributed by atoms with Gasteiger partial charge in [-0.15, -0.1) is 0 Å². The van der Waals surface area contributed by atoms with Crippen LogP contribution in [0.2, 0.25) is 0 Å². The van der Waals surface area contributed by atoms with Crippen molar-refractivity contribution in [3.05, 3.63) is 46.6 Å². The van der Waals surface area contributed by atoms with Crippen LogP contribution < -0.4 is 15.8 Å². The van der Waals surface area contributed by atoms with E-state index in [4.69, 9.17) is 5.26 Å². The van der Waals surface area contributed by atoms with Gasteiger partial charge in [-0.25, -0.2) is 14.4 Å². The van der Waals surface area contributed by atoms with Crippen LogP contribution in [0.3, 0.4) is 0 Å². The number of nitrogens with one attached hydrogen (secondary N) is 1. The molecule has 0 atom stereocenters. The quantitative estimate of drug-likeness (QED) is 0.730.